The number of rotatable bonds is 10. The number of thiazole rings is 1. The molecule has 0 aliphatic heterocycles. The van der Waals surface area contributed by atoms with Gasteiger partial charge in [-0.1, -0.05) is 62.4 Å². The first kappa shape index (κ1) is 29.1. The molecule has 2 aromatic heterocycles. The van der Waals surface area contributed by atoms with Gasteiger partial charge in [0.1, 0.15) is 16.8 Å². The van der Waals surface area contributed by atoms with Gasteiger partial charge in [-0.3, -0.25) is 9.69 Å². The van der Waals surface area contributed by atoms with Gasteiger partial charge in [-0.2, -0.15) is 0 Å². The molecule has 0 aliphatic carbocycles. The van der Waals surface area contributed by atoms with Gasteiger partial charge in [-0.25, -0.2) is 4.98 Å². The first-order valence-electron chi connectivity index (χ1n) is 13.6. The van der Waals surface area contributed by atoms with E-state index in [0.29, 0.717) is 17.3 Å². The molecular weight excluding hydrogens is 520 g/mol. The van der Waals surface area contributed by atoms with Crippen LogP contribution in [0.15, 0.2) is 77.2 Å². The largest absolute Gasteiger partial charge is 0.497 e. The average Bonchev–Trinajstić information content (AvgIpc) is 3.60. The maximum Gasteiger partial charge on any atom is 0.238 e. The van der Waals surface area contributed by atoms with Gasteiger partial charge < -0.3 is 9.15 Å². The summed E-state index contributed by atoms with van der Waals surface area (Å²) in [5.74, 6) is 2.20. The summed E-state index contributed by atoms with van der Waals surface area (Å²) in [7, 11) is 1.65. The fourth-order valence-corrected chi connectivity index (χ4v) is 5.53. The summed E-state index contributed by atoms with van der Waals surface area (Å²) in [5, 5.41) is 9.16. The molecule has 1 atom stereocenters. The summed E-state index contributed by atoms with van der Waals surface area (Å²) in [6.07, 6.45) is 2.22. The number of nitrogens with zero attached hydrogens (tertiary/aromatic N) is 4. The molecule has 5 aromatic rings. The maximum absolute atomic E-state index is 11.5. The Bertz CT molecular complexity index is 1520. The SMILES string of the molecule is CCCN(CCC)C(c1ccccc1)c1nnc(C)o1.COc1ccc2nc(-c3cccc(C(C)=O)c3)sc2c1. The van der Waals surface area contributed by atoms with Crippen molar-refractivity contribution in [3.63, 3.8) is 0 Å². The maximum atomic E-state index is 11.5. The van der Waals surface area contributed by atoms with E-state index in [0.717, 1.165) is 52.5 Å². The van der Waals surface area contributed by atoms with Gasteiger partial charge in [0.05, 0.1) is 17.3 Å². The molecule has 3 aromatic carbocycles. The highest BCUT2D eigenvalue weighted by Crippen LogP contribution is 2.33. The highest BCUT2D eigenvalue weighted by Gasteiger charge is 2.26. The van der Waals surface area contributed by atoms with Gasteiger partial charge in [0.25, 0.3) is 0 Å². The third-order valence-electron chi connectivity index (χ3n) is 6.39. The van der Waals surface area contributed by atoms with Crippen molar-refractivity contribution in [1.29, 1.82) is 0 Å². The third-order valence-corrected chi connectivity index (χ3v) is 7.46. The van der Waals surface area contributed by atoms with Crippen LogP contribution in [-0.4, -0.2) is 46.1 Å². The Balaban J connectivity index is 0.000000185. The van der Waals surface area contributed by atoms with E-state index in [4.69, 9.17) is 9.15 Å². The Kier molecular flexibility index (Phi) is 10.2. The number of carbonyl (C=O) groups is 1. The second-order valence-corrected chi connectivity index (χ2v) is 10.5. The predicted octanol–water partition coefficient (Wildman–Crippen LogP) is 7.76. The molecule has 208 valence electrons. The van der Waals surface area contributed by atoms with Crippen molar-refractivity contribution < 1.29 is 13.9 Å². The van der Waals surface area contributed by atoms with Crippen LogP contribution < -0.4 is 4.74 Å². The van der Waals surface area contributed by atoms with Crippen LogP contribution in [0.25, 0.3) is 20.8 Å². The average molecular weight is 557 g/mol. The predicted molar refractivity (Wildman–Crippen MR) is 161 cm³/mol. The van der Waals surface area contributed by atoms with Crippen molar-refractivity contribution in [2.75, 3.05) is 20.2 Å². The number of benzene rings is 3. The smallest absolute Gasteiger partial charge is 0.238 e. The summed E-state index contributed by atoms with van der Waals surface area (Å²) in [6, 6.07) is 23.8. The van der Waals surface area contributed by atoms with Crippen LogP contribution in [0.3, 0.4) is 0 Å². The summed E-state index contributed by atoms with van der Waals surface area (Å²) < 4.78 is 12.0. The van der Waals surface area contributed by atoms with E-state index in [1.165, 1.54) is 5.56 Å². The van der Waals surface area contributed by atoms with Crippen LogP contribution in [0.5, 0.6) is 5.75 Å². The number of aryl methyl sites for hydroxylation is 1. The second-order valence-electron chi connectivity index (χ2n) is 9.50. The molecule has 1 unspecified atom stereocenters. The van der Waals surface area contributed by atoms with Crippen LogP contribution in [0.4, 0.5) is 0 Å². The molecule has 40 heavy (non-hydrogen) atoms. The lowest BCUT2D eigenvalue weighted by Gasteiger charge is -2.29. The first-order valence-corrected chi connectivity index (χ1v) is 14.4. The second kappa shape index (κ2) is 14.0. The molecule has 0 saturated carbocycles. The Morgan fingerprint density at radius 2 is 1.73 bits per heavy atom. The molecule has 5 rings (SSSR count). The van der Waals surface area contributed by atoms with Crippen molar-refractivity contribution in [3.8, 4) is 16.3 Å². The van der Waals surface area contributed by atoms with Gasteiger partial charge in [0.2, 0.25) is 11.8 Å². The lowest BCUT2D eigenvalue weighted by atomic mass is 10.0. The van der Waals surface area contributed by atoms with E-state index in [2.05, 4.69) is 58.2 Å². The van der Waals surface area contributed by atoms with Gasteiger partial charge in [0.15, 0.2) is 5.78 Å². The summed E-state index contributed by atoms with van der Waals surface area (Å²) in [5.41, 5.74) is 3.83. The minimum absolute atomic E-state index is 0.0531. The van der Waals surface area contributed by atoms with Gasteiger partial charge >= 0.3 is 0 Å². The molecule has 0 amide bonds. The number of hydrogen-bond acceptors (Lipinski definition) is 8. The van der Waals surface area contributed by atoms with E-state index < -0.39 is 0 Å². The lowest BCUT2D eigenvalue weighted by molar-refractivity contribution is 0.101. The number of methoxy groups -OCH3 is 1. The Hall–Kier alpha value is -3.88. The van der Waals surface area contributed by atoms with Gasteiger partial charge in [-0.05, 0) is 62.7 Å². The summed E-state index contributed by atoms with van der Waals surface area (Å²) in [6.45, 7) is 9.85. The first-order chi connectivity index (χ1) is 19.4. The fraction of sp³-hybridized carbons (Fsp3) is 0.312. The van der Waals surface area contributed by atoms with E-state index in [1.807, 2.05) is 55.5 Å². The van der Waals surface area contributed by atoms with Crippen LogP contribution >= 0.6 is 11.3 Å². The normalized spacial score (nSPS) is 11.8. The highest BCUT2D eigenvalue weighted by molar-refractivity contribution is 7.21. The van der Waals surface area contributed by atoms with Crippen molar-refractivity contribution >= 4 is 27.3 Å². The fourth-order valence-electron chi connectivity index (χ4n) is 4.54. The topological polar surface area (TPSA) is 81.3 Å². The monoisotopic (exact) mass is 556 g/mol. The van der Waals surface area contributed by atoms with E-state index in [-0.39, 0.29) is 11.8 Å². The molecular formula is C32H36N4O3S. The molecule has 8 heteroatoms. The number of aromatic nitrogens is 3. The van der Waals surface area contributed by atoms with Crippen LogP contribution in [0.2, 0.25) is 0 Å². The Morgan fingerprint density at radius 1 is 0.975 bits per heavy atom. The summed E-state index contributed by atoms with van der Waals surface area (Å²) >= 11 is 1.60. The number of ether oxygens (including phenoxy) is 1. The number of carbonyl (C=O) groups excluding carboxylic acids is 1. The van der Waals surface area contributed by atoms with Gasteiger partial charge in [0, 0.05) is 18.1 Å². The van der Waals surface area contributed by atoms with Crippen molar-refractivity contribution in [3.05, 3.63) is 95.7 Å². The van der Waals surface area contributed by atoms with Gasteiger partial charge in [-0.15, -0.1) is 21.5 Å². The number of Topliss-reactive ketones (excluding diaryl/α,β-unsaturated/α-hetero) is 1. The summed E-state index contributed by atoms with van der Waals surface area (Å²) in [4.78, 5) is 18.5. The van der Waals surface area contributed by atoms with Crippen LogP contribution in [0, 0.1) is 6.92 Å². The third kappa shape index (κ3) is 7.20. The Labute approximate surface area is 239 Å². The molecule has 0 N–H and O–H groups in total. The molecule has 7 nitrogen and oxygen atoms in total. The number of ketones is 1. The van der Waals surface area contributed by atoms with E-state index in [9.17, 15) is 4.79 Å². The molecule has 2 heterocycles. The zero-order valence-electron chi connectivity index (χ0n) is 23.8. The zero-order chi connectivity index (χ0) is 28.5. The quantitative estimate of drug-likeness (QED) is 0.163. The minimum atomic E-state index is 0.0531. The molecule has 0 bridgehead atoms. The molecule has 0 spiro atoms. The van der Waals surface area contributed by atoms with Crippen molar-refractivity contribution in [1.82, 2.24) is 20.1 Å². The zero-order valence-corrected chi connectivity index (χ0v) is 24.6. The number of fused-ring (bicyclic) bond motifs is 1. The standard InChI is InChI=1S/C16H23N3O.C16H13NO2S/c1-4-11-19(12-5-2)15(14-9-7-6-8-10-14)16-18-17-13(3)20-16;1-10(18)11-4-3-5-12(8-11)16-17-14-7-6-13(19-2)9-15(14)20-16/h6-10,15H,4-5,11-12H2,1-3H3;3-9H,1-2H3. The van der Waals surface area contributed by atoms with E-state index in [1.54, 1.807) is 25.4 Å². The molecule has 0 aliphatic rings. The minimum Gasteiger partial charge on any atom is -0.497 e. The van der Waals surface area contributed by atoms with Crippen molar-refractivity contribution in [2.24, 2.45) is 0 Å². The molecule has 0 fully saturated rings. The lowest BCUT2D eigenvalue weighted by Crippen LogP contribution is -2.31. The van der Waals surface area contributed by atoms with E-state index >= 15 is 0 Å². The Morgan fingerprint density at radius 3 is 2.35 bits per heavy atom. The highest BCUT2D eigenvalue weighted by atomic mass is 32.1. The number of hydrogen-bond donors (Lipinski definition) is 0. The van der Waals surface area contributed by atoms with Crippen LogP contribution in [-0.2, 0) is 0 Å². The van der Waals surface area contributed by atoms with Crippen LogP contribution in [0.1, 0.15) is 67.4 Å². The molecule has 0 saturated heterocycles. The molecule has 0 radical (unpaired) electrons. The van der Waals surface area contributed by atoms with Crippen molar-refractivity contribution in [2.45, 2.75) is 46.6 Å².